The predicted molar refractivity (Wildman–Crippen MR) is 80.2 cm³/mol. The Morgan fingerprint density at radius 2 is 2.15 bits per heavy atom. The van der Waals surface area contributed by atoms with Crippen molar-refractivity contribution in [1.29, 1.82) is 0 Å². The van der Waals surface area contributed by atoms with Gasteiger partial charge >= 0.3 is 0 Å². The van der Waals surface area contributed by atoms with Crippen molar-refractivity contribution >= 4 is 5.82 Å². The summed E-state index contributed by atoms with van der Waals surface area (Å²) in [6.07, 6.45) is 4.68. The lowest BCUT2D eigenvalue weighted by atomic mass is 9.80. The molecule has 0 bridgehead atoms. The lowest BCUT2D eigenvalue weighted by molar-refractivity contribution is 0.150. The Kier molecular flexibility index (Phi) is 3.54. The number of rotatable bonds is 4. The highest BCUT2D eigenvalue weighted by Gasteiger charge is 2.29. The minimum absolute atomic E-state index is 0.0436. The van der Waals surface area contributed by atoms with Crippen LogP contribution in [0.5, 0.6) is 0 Å². The second-order valence-electron chi connectivity index (χ2n) is 6.76. The first-order valence-electron chi connectivity index (χ1n) is 7.58. The molecule has 2 aliphatic rings. The quantitative estimate of drug-likeness (QED) is 0.880. The average Bonchev–Trinajstić information content (AvgIpc) is 3.24. The summed E-state index contributed by atoms with van der Waals surface area (Å²) in [6, 6.07) is 1.57. The van der Waals surface area contributed by atoms with Crippen molar-refractivity contribution in [2.45, 2.75) is 38.5 Å². The number of hydrogen-bond acceptors (Lipinski definition) is 4. The van der Waals surface area contributed by atoms with E-state index in [9.17, 15) is 4.79 Å². The molecule has 0 radical (unpaired) electrons. The summed E-state index contributed by atoms with van der Waals surface area (Å²) in [7, 11) is 2.17. The van der Waals surface area contributed by atoms with Crippen LogP contribution in [-0.4, -0.2) is 41.5 Å². The van der Waals surface area contributed by atoms with Crippen molar-refractivity contribution in [2.75, 3.05) is 32.0 Å². The zero-order valence-electron chi connectivity index (χ0n) is 12.4. The Balaban J connectivity index is 1.64. The summed E-state index contributed by atoms with van der Waals surface area (Å²) in [5, 5.41) is 3.38. The van der Waals surface area contributed by atoms with E-state index in [0.717, 1.165) is 44.1 Å². The maximum absolute atomic E-state index is 11.7. The van der Waals surface area contributed by atoms with Crippen LogP contribution in [0.15, 0.2) is 10.9 Å². The lowest BCUT2D eigenvalue weighted by Crippen LogP contribution is -2.40. The van der Waals surface area contributed by atoms with Gasteiger partial charge in [-0.3, -0.25) is 4.79 Å². The van der Waals surface area contributed by atoms with E-state index in [1.54, 1.807) is 6.07 Å². The standard InChI is InChI=1S/C15H24N4O/c1-15(5-7-19(2)8-6-15)10-16-12-9-13(20)18-14(17-12)11-3-4-11/h9,11H,3-8,10H2,1-2H3,(H2,16,17,18,20). The van der Waals surface area contributed by atoms with Crippen molar-refractivity contribution in [2.24, 2.45) is 5.41 Å². The van der Waals surface area contributed by atoms with Crippen molar-refractivity contribution in [3.8, 4) is 0 Å². The molecule has 0 atom stereocenters. The highest BCUT2D eigenvalue weighted by Crippen LogP contribution is 2.37. The largest absolute Gasteiger partial charge is 0.369 e. The normalized spacial score (nSPS) is 22.7. The third kappa shape index (κ3) is 3.20. The fourth-order valence-corrected chi connectivity index (χ4v) is 2.76. The average molecular weight is 276 g/mol. The number of aromatic amines is 1. The third-order valence-corrected chi connectivity index (χ3v) is 4.61. The van der Waals surface area contributed by atoms with Crippen molar-refractivity contribution in [3.05, 3.63) is 22.2 Å². The van der Waals surface area contributed by atoms with Crippen LogP contribution in [0.2, 0.25) is 0 Å². The number of nitrogens with zero attached hydrogens (tertiary/aromatic N) is 2. The van der Waals surface area contributed by atoms with Crippen LogP contribution >= 0.6 is 0 Å². The molecule has 1 aromatic heterocycles. The lowest BCUT2D eigenvalue weighted by Gasteiger charge is -2.38. The van der Waals surface area contributed by atoms with E-state index in [2.05, 4.69) is 34.2 Å². The molecule has 0 spiro atoms. The Morgan fingerprint density at radius 1 is 1.45 bits per heavy atom. The Hall–Kier alpha value is -1.36. The van der Waals surface area contributed by atoms with Crippen molar-refractivity contribution in [1.82, 2.24) is 14.9 Å². The van der Waals surface area contributed by atoms with Gasteiger partial charge in [-0.25, -0.2) is 4.98 Å². The monoisotopic (exact) mass is 276 g/mol. The Labute approximate surface area is 119 Å². The first-order chi connectivity index (χ1) is 9.54. The fourth-order valence-electron chi connectivity index (χ4n) is 2.76. The van der Waals surface area contributed by atoms with Gasteiger partial charge in [-0.15, -0.1) is 0 Å². The fraction of sp³-hybridized carbons (Fsp3) is 0.733. The number of nitrogens with one attached hydrogen (secondary N) is 2. The first-order valence-corrected chi connectivity index (χ1v) is 7.58. The molecule has 0 unspecified atom stereocenters. The summed E-state index contributed by atoms with van der Waals surface area (Å²) in [5.41, 5.74) is 0.259. The highest BCUT2D eigenvalue weighted by molar-refractivity contribution is 5.34. The smallest absolute Gasteiger partial charge is 0.252 e. The molecule has 2 heterocycles. The van der Waals surface area contributed by atoms with Gasteiger partial charge in [-0.2, -0.15) is 0 Å². The Bertz CT molecular complexity index is 527. The number of H-pyrrole nitrogens is 1. The van der Waals surface area contributed by atoms with Crippen LogP contribution in [0.4, 0.5) is 5.82 Å². The topological polar surface area (TPSA) is 61.0 Å². The predicted octanol–water partition coefficient (Wildman–Crippen LogP) is 1.79. The molecular formula is C15H24N4O. The van der Waals surface area contributed by atoms with E-state index >= 15 is 0 Å². The Morgan fingerprint density at radius 3 is 2.80 bits per heavy atom. The number of anilines is 1. The molecule has 5 nitrogen and oxygen atoms in total. The summed E-state index contributed by atoms with van der Waals surface area (Å²) in [5.74, 6) is 2.06. The molecule has 20 heavy (non-hydrogen) atoms. The molecule has 2 fully saturated rings. The molecule has 1 aromatic rings. The summed E-state index contributed by atoms with van der Waals surface area (Å²) < 4.78 is 0. The van der Waals surface area contributed by atoms with Crippen molar-refractivity contribution in [3.63, 3.8) is 0 Å². The molecule has 1 aliphatic carbocycles. The van der Waals surface area contributed by atoms with Gasteiger partial charge in [-0.05, 0) is 51.2 Å². The molecule has 5 heteroatoms. The van der Waals surface area contributed by atoms with Crippen molar-refractivity contribution < 1.29 is 0 Å². The van der Waals surface area contributed by atoms with Gasteiger partial charge in [0, 0.05) is 18.5 Å². The molecular weight excluding hydrogens is 252 g/mol. The van der Waals surface area contributed by atoms with E-state index in [1.165, 1.54) is 12.8 Å². The van der Waals surface area contributed by atoms with Gasteiger partial charge in [0.2, 0.25) is 0 Å². The molecule has 1 saturated heterocycles. The van der Waals surface area contributed by atoms with Crippen LogP contribution in [0.1, 0.15) is 44.3 Å². The van der Waals surface area contributed by atoms with Gasteiger partial charge in [0.05, 0.1) is 0 Å². The zero-order valence-corrected chi connectivity index (χ0v) is 12.4. The first kappa shape index (κ1) is 13.6. The summed E-state index contributed by atoms with van der Waals surface area (Å²) in [6.45, 7) is 5.51. The molecule has 2 N–H and O–H groups in total. The molecule has 0 amide bonds. The maximum atomic E-state index is 11.7. The SMILES string of the molecule is CN1CCC(C)(CNc2cc(=O)[nH]c(C3CC3)n2)CC1. The molecule has 3 rings (SSSR count). The van der Waals surface area contributed by atoms with Gasteiger partial charge in [-0.1, -0.05) is 6.92 Å². The number of aromatic nitrogens is 2. The van der Waals surface area contributed by atoms with Crippen LogP contribution in [0.25, 0.3) is 0 Å². The van der Waals surface area contributed by atoms with Gasteiger partial charge in [0.25, 0.3) is 5.56 Å². The van der Waals surface area contributed by atoms with Crippen LogP contribution in [-0.2, 0) is 0 Å². The van der Waals surface area contributed by atoms with Gasteiger partial charge < -0.3 is 15.2 Å². The van der Waals surface area contributed by atoms with E-state index in [1.807, 2.05) is 0 Å². The molecule has 1 saturated carbocycles. The zero-order chi connectivity index (χ0) is 14.2. The second-order valence-corrected chi connectivity index (χ2v) is 6.76. The van der Waals surface area contributed by atoms with E-state index < -0.39 is 0 Å². The minimum atomic E-state index is -0.0436. The second kappa shape index (κ2) is 5.20. The van der Waals surface area contributed by atoms with Crippen LogP contribution in [0.3, 0.4) is 0 Å². The summed E-state index contributed by atoms with van der Waals surface area (Å²) in [4.78, 5) is 21.4. The number of piperidine rings is 1. The molecule has 110 valence electrons. The van der Waals surface area contributed by atoms with Crippen LogP contribution in [0, 0.1) is 5.41 Å². The number of hydrogen-bond donors (Lipinski definition) is 2. The highest BCUT2D eigenvalue weighted by atomic mass is 16.1. The van der Waals surface area contributed by atoms with E-state index in [-0.39, 0.29) is 5.56 Å². The maximum Gasteiger partial charge on any atom is 0.252 e. The molecule has 1 aliphatic heterocycles. The molecule has 0 aromatic carbocycles. The minimum Gasteiger partial charge on any atom is -0.369 e. The van der Waals surface area contributed by atoms with Gasteiger partial charge in [0.15, 0.2) is 0 Å². The van der Waals surface area contributed by atoms with E-state index in [4.69, 9.17) is 0 Å². The summed E-state index contributed by atoms with van der Waals surface area (Å²) >= 11 is 0. The van der Waals surface area contributed by atoms with Crippen LogP contribution < -0.4 is 10.9 Å². The van der Waals surface area contributed by atoms with Gasteiger partial charge in [0.1, 0.15) is 11.6 Å². The number of likely N-dealkylation sites (tertiary alicyclic amines) is 1. The van der Waals surface area contributed by atoms with E-state index in [0.29, 0.717) is 11.3 Å². The third-order valence-electron chi connectivity index (χ3n) is 4.61.